The van der Waals surface area contributed by atoms with E-state index in [9.17, 15) is 0 Å². The number of nitrogens with one attached hydrogen (secondary N) is 1. The molecule has 0 saturated heterocycles. The van der Waals surface area contributed by atoms with Gasteiger partial charge in [0, 0.05) is 16.4 Å². The standard InChI is InChI=1S/C15H18BrN3/c1-15(2)6-9(15)7-19-14-11-5-10(16)3-4-13(11)18-8-12(14)17/h3-5,8-9H,6-7,17H2,1-2H3,(H,18,19). The van der Waals surface area contributed by atoms with Crippen molar-refractivity contribution in [2.75, 3.05) is 17.6 Å². The van der Waals surface area contributed by atoms with Crippen molar-refractivity contribution in [2.45, 2.75) is 20.3 Å². The predicted octanol–water partition coefficient (Wildman–Crippen LogP) is 4.04. The van der Waals surface area contributed by atoms with E-state index in [0.717, 1.165) is 33.5 Å². The van der Waals surface area contributed by atoms with Gasteiger partial charge in [-0.15, -0.1) is 0 Å². The minimum atomic E-state index is 0.477. The summed E-state index contributed by atoms with van der Waals surface area (Å²) >= 11 is 3.51. The highest BCUT2D eigenvalue weighted by Crippen LogP contribution is 2.51. The minimum Gasteiger partial charge on any atom is -0.396 e. The van der Waals surface area contributed by atoms with E-state index in [-0.39, 0.29) is 0 Å². The molecule has 3 rings (SSSR count). The van der Waals surface area contributed by atoms with Crippen LogP contribution in [0.25, 0.3) is 10.9 Å². The summed E-state index contributed by atoms with van der Waals surface area (Å²) in [6.45, 7) is 5.59. The number of rotatable bonds is 3. The molecule has 1 heterocycles. The van der Waals surface area contributed by atoms with Gasteiger partial charge in [0.25, 0.3) is 0 Å². The maximum Gasteiger partial charge on any atom is 0.0743 e. The number of hydrogen-bond acceptors (Lipinski definition) is 3. The summed E-state index contributed by atoms with van der Waals surface area (Å²) < 4.78 is 1.04. The molecule has 0 amide bonds. The molecular weight excluding hydrogens is 302 g/mol. The molecule has 1 fully saturated rings. The van der Waals surface area contributed by atoms with Crippen LogP contribution in [0.3, 0.4) is 0 Å². The summed E-state index contributed by atoms with van der Waals surface area (Å²) in [5, 5.41) is 4.59. The van der Waals surface area contributed by atoms with Gasteiger partial charge in [-0.05, 0) is 36.0 Å². The highest BCUT2D eigenvalue weighted by atomic mass is 79.9. The lowest BCUT2D eigenvalue weighted by molar-refractivity contribution is 0.573. The number of nitrogens with two attached hydrogens (primary N) is 1. The first-order chi connectivity index (χ1) is 8.97. The molecule has 4 heteroatoms. The monoisotopic (exact) mass is 319 g/mol. The zero-order valence-electron chi connectivity index (χ0n) is 11.2. The number of pyridine rings is 1. The predicted molar refractivity (Wildman–Crippen MR) is 84.2 cm³/mol. The highest BCUT2D eigenvalue weighted by Gasteiger charge is 2.45. The first-order valence-electron chi connectivity index (χ1n) is 6.55. The zero-order valence-corrected chi connectivity index (χ0v) is 12.8. The molecule has 0 spiro atoms. The van der Waals surface area contributed by atoms with E-state index in [4.69, 9.17) is 5.73 Å². The second-order valence-electron chi connectivity index (χ2n) is 6.02. The number of benzene rings is 1. The largest absolute Gasteiger partial charge is 0.396 e. The van der Waals surface area contributed by atoms with Crippen molar-refractivity contribution in [2.24, 2.45) is 11.3 Å². The third-order valence-corrected chi connectivity index (χ3v) is 4.60. The van der Waals surface area contributed by atoms with E-state index in [0.29, 0.717) is 11.1 Å². The van der Waals surface area contributed by atoms with Crippen molar-refractivity contribution in [1.82, 2.24) is 4.98 Å². The van der Waals surface area contributed by atoms with Crippen LogP contribution in [0.15, 0.2) is 28.9 Å². The van der Waals surface area contributed by atoms with Crippen LogP contribution in [0.1, 0.15) is 20.3 Å². The second kappa shape index (κ2) is 4.37. The van der Waals surface area contributed by atoms with Crippen LogP contribution < -0.4 is 11.1 Å². The van der Waals surface area contributed by atoms with Crippen molar-refractivity contribution < 1.29 is 0 Å². The fraction of sp³-hybridized carbons (Fsp3) is 0.400. The third-order valence-electron chi connectivity index (χ3n) is 4.10. The van der Waals surface area contributed by atoms with Crippen molar-refractivity contribution in [3.05, 3.63) is 28.9 Å². The summed E-state index contributed by atoms with van der Waals surface area (Å²) in [7, 11) is 0. The summed E-state index contributed by atoms with van der Waals surface area (Å²) in [5.41, 5.74) is 9.24. The number of halogens is 1. The number of hydrogen-bond donors (Lipinski definition) is 2. The fourth-order valence-electron chi connectivity index (χ4n) is 2.53. The Balaban J connectivity index is 1.92. The van der Waals surface area contributed by atoms with Gasteiger partial charge in [-0.25, -0.2) is 0 Å². The van der Waals surface area contributed by atoms with Gasteiger partial charge in [-0.1, -0.05) is 29.8 Å². The molecule has 1 saturated carbocycles. The van der Waals surface area contributed by atoms with Gasteiger partial charge >= 0.3 is 0 Å². The lowest BCUT2D eigenvalue weighted by Crippen LogP contribution is -2.09. The highest BCUT2D eigenvalue weighted by molar-refractivity contribution is 9.10. The first-order valence-corrected chi connectivity index (χ1v) is 7.34. The number of fused-ring (bicyclic) bond motifs is 1. The Morgan fingerprint density at radius 3 is 2.89 bits per heavy atom. The number of anilines is 2. The average molecular weight is 320 g/mol. The van der Waals surface area contributed by atoms with Crippen molar-refractivity contribution >= 4 is 38.2 Å². The van der Waals surface area contributed by atoms with E-state index in [1.807, 2.05) is 12.1 Å². The molecule has 1 aromatic heterocycles. The van der Waals surface area contributed by atoms with Crippen molar-refractivity contribution in [3.8, 4) is 0 Å². The van der Waals surface area contributed by atoms with Gasteiger partial charge in [-0.3, -0.25) is 4.98 Å². The zero-order chi connectivity index (χ0) is 13.6. The molecule has 2 aromatic rings. The molecule has 0 bridgehead atoms. The molecule has 0 aliphatic heterocycles. The smallest absolute Gasteiger partial charge is 0.0743 e. The molecule has 3 N–H and O–H groups in total. The normalized spacial score (nSPS) is 20.5. The van der Waals surface area contributed by atoms with Crippen LogP contribution in [0, 0.1) is 11.3 Å². The lowest BCUT2D eigenvalue weighted by atomic mass is 10.1. The van der Waals surface area contributed by atoms with E-state index >= 15 is 0 Å². The topological polar surface area (TPSA) is 50.9 Å². The Morgan fingerprint density at radius 1 is 1.47 bits per heavy atom. The van der Waals surface area contributed by atoms with Gasteiger partial charge in [0.1, 0.15) is 0 Å². The Kier molecular flexibility index (Phi) is 2.93. The second-order valence-corrected chi connectivity index (χ2v) is 6.94. The van der Waals surface area contributed by atoms with Gasteiger partial charge in [-0.2, -0.15) is 0 Å². The Morgan fingerprint density at radius 2 is 2.21 bits per heavy atom. The Bertz CT molecular complexity index is 631. The van der Waals surface area contributed by atoms with Gasteiger partial charge in [0.2, 0.25) is 0 Å². The summed E-state index contributed by atoms with van der Waals surface area (Å²) in [6, 6.07) is 6.07. The Labute approximate surface area is 121 Å². The molecule has 1 unspecified atom stereocenters. The van der Waals surface area contributed by atoms with E-state index in [1.54, 1.807) is 6.20 Å². The Hall–Kier alpha value is -1.29. The fourth-order valence-corrected chi connectivity index (χ4v) is 2.89. The number of nitrogens with zero attached hydrogens (tertiary/aromatic N) is 1. The van der Waals surface area contributed by atoms with Crippen molar-refractivity contribution in [1.29, 1.82) is 0 Å². The summed E-state index contributed by atoms with van der Waals surface area (Å²) in [6.07, 6.45) is 3.02. The number of nitrogen functional groups attached to an aromatic ring is 1. The quantitative estimate of drug-likeness (QED) is 0.897. The third kappa shape index (κ3) is 2.41. The van der Waals surface area contributed by atoms with E-state index < -0.39 is 0 Å². The maximum absolute atomic E-state index is 6.07. The minimum absolute atomic E-state index is 0.477. The molecule has 3 nitrogen and oxygen atoms in total. The van der Waals surface area contributed by atoms with Crippen LogP contribution in [0.4, 0.5) is 11.4 Å². The lowest BCUT2D eigenvalue weighted by Gasteiger charge is -2.13. The van der Waals surface area contributed by atoms with Crippen LogP contribution >= 0.6 is 15.9 Å². The molecule has 0 radical (unpaired) electrons. The van der Waals surface area contributed by atoms with Crippen LogP contribution in [0.2, 0.25) is 0 Å². The van der Waals surface area contributed by atoms with Crippen LogP contribution in [0.5, 0.6) is 0 Å². The van der Waals surface area contributed by atoms with Gasteiger partial charge in [0.15, 0.2) is 0 Å². The van der Waals surface area contributed by atoms with Gasteiger partial charge < -0.3 is 11.1 Å². The first kappa shape index (κ1) is 12.7. The molecule has 19 heavy (non-hydrogen) atoms. The number of aromatic nitrogens is 1. The van der Waals surface area contributed by atoms with E-state index in [2.05, 4.69) is 46.1 Å². The molecular formula is C15H18BrN3. The molecule has 100 valence electrons. The molecule has 1 atom stereocenters. The SMILES string of the molecule is CC1(C)CC1CNc1c(N)cnc2ccc(Br)cc12. The molecule has 1 aliphatic rings. The van der Waals surface area contributed by atoms with E-state index in [1.165, 1.54) is 6.42 Å². The van der Waals surface area contributed by atoms with Crippen LogP contribution in [-0.4, -0.2) is 11.5 Å². The molecule has 1 aromatic carbocycles. The van der Waals surface area contributed by atoms with Crippen LogP contribution in [-0.2, 0) is 0 Å². The van der Waals surface area contributed by atoms with Crippen molar-refractivity contribution in [3.63, 3.8) is 0 Å². The summed E-state index contributed by atoms with van der Waals surface area (Å²) in [4.78, 5) is 4.37. The van der Waals surface area contributed by atoms with Gasteiger partial charge in [0.05, 0.1) is 23.1 Å². The molecule has 1 aliphatic carbocycles. The summed E-state index contributed by atoms with van der Waals surface area (Å²) in [5.74, 6) is 0.738. The average Bonchev–Trinajstić information content (AvgIpc) is 2.96. The maximum atomic E-state index is 6.07.